The Labute approximate surface area is 123 Å². The molecule has 9 heteroatoms. The average Bonchev–Trinajstić information content (AvgIpc) is 2.26. The summed E-state index contributed by atoms with van der Waals surface area (Å²) in [6.07, 6.45) is 0.837. The van der Waals surface area contributed by atoms with E-state index in [-0.39, 0.29) is 12.2 Å². The number of sulfone groups is 1. The predicted molar refractivity (Wildman–Crippen MR) is 79.6 cm³/mol. The summed E-state index contributed by atoms with van der Waals surface area (Å²) in [6, 6.07) is 4.33. The van der Waals surface area contributed by atoms with E-state index in [0.717, 1.165) is 6.26 Å². The van der Waals surface area contributed by atoms with E-state index in [2.05, 4.69) is 16.6 Å². The minimum Gasteiger partial charge on any atom is -0.320 e. The van der Waals surface area contributed by atoms with Crippen molar-refractivity contribution in [3.8, 4) is 11.8 Å². The second-order valence-electron chi connectivity index (χ2n) is 3.96. The maximum Gasteiger partial charge on any atom is 0.247 e. The van der Waals surface area contributed by atoms with Crippen LogP contribution in [0.3, 0.4) is 0 Å². The average molecular weight is 337 g/mol. The molecule has 0 spiro atoms. The summed E-state index contributed by atoms with van der Waals surface area (Å²) in [6.45, 7) is 0.0992. The van der Waals surface area contributed by atoms with Crippen molar-refractivity contribution in [2.24, 2.45) is 5.73 Å². The predicted octanol–water partition coefficient (Wildman–Crippen LogP) is 0.394. The van der Waals surface area contributed by atoms with Gasteiger partial charge in [-0.1, -0.05) is 23.4 Å². The first-order valence-corrected chi connectivity index (χ1v) is 9.39. The highest BCUT2D eigenvalue weighted by molar-refractivity contribution is 8.08. The lowest BCUT2D eigenvalue weighted by atomic mass is 10.2. The molecule has 0 aliphatic carbocycles. The minimum atomic E-state index is -4.03. The van der Waals surface area contributed by atoms with Crippen molar-refractivity contribution in [2.75, 3.05) is 22.6 Å². The fourth-order valence-electron chi connectivity index (χ4n) is 1.33. The van der Waals surface area contributed by atoms with Gasteiger partial charge in [0.05, 0.1) is 17.8 Å². The Balaban J connectivity index is 3.15. The van der Waals surface area contributed by atoms with Crippen LogP contribution in [-0.4, -0.2) is 34.7 Å². The van der Waals surface area contributed by atoms with E-state index in [9.17, 15) is 16.8 Å². The van der Waals surface area contributed by atoms with Crippen molar-refractivity contribution >= 4 is 37.1 Å². The van der Waals surface area contributed by atoms with Crippen LogP contribution in [0.2, 0.25) is 5.02 Å². The molecule has 3 N–H and O–H groups in total. The molecule has 1 aromatic rings. The molecule has 0 saturated carbocycles. The van der Waals surface area contributed by atoms with Gasteiger partial charge in [-0.2, -0.15) is 0 Å². The first-order valence-electron chi connectivity index (χ1n) is 5.30. The van der Waals surface area contributed by atoms with Crippen molar-refractivity contribution in [1.82, 2.24) is 0 Å². The van der Waals surface area contributed by atoms with Gasteiger partial charge in [-0.05, 0) is 18.2 Å². The molecule has 0 fully saturated rings. The lowest BCUT2D eigenvalue weighted by molar-refractivity contribution is 0.595. The molecule has 1 aromatic carbocycles. The molecule has 0 aliphatic heterocycles. The number of nitrogens with two attached hydrogens (primary N) is 1. The third-order valence-corrected chi connectivity index (χ3v) is 5.66. The molecule has 1 rings (SSSR count). The summed E-state index contributed by atoms with van der Waals surface area (Å²) >= 11 is 5.80. The van der Waals surface area contributed by atoms with Gasteiger partial charge in [0.25, 0.3) is 0 Å². The monoisotopic (exact) mass is 336 g/mol. The van der Waals surface area contributed by atoms with Crippen molar-refractivity contribution < 1.29 is 16.8 Å². The summed E-state index contributed by atoms with van der Waals surface area (Å²) in [5.74, 6) is 5.24. The van der Waals surface area contributed by atoms with Crippen LogP contribution >= 0.6 is 11.6 Å². The Morgan fingerprint density at radius 1 is 1.30 bits per heavy atom. The molecule has 0 amide bonds. The molecule has 0 bridgehead atoms. The van der Waals surface area contributed by atoms with Gasteiger partial charge in [0.1, 0.15) is 0 Å². The van der Waals surface area contributed by atoms with Gasteiger partial charge in [0.15, 0.2) is 14.9 Å². The SMILES string of the molecule is CS(=O)(=O)CS(=O)(=O)Nc1ccc(Cl)cc1C#CCN. The zero-order valence-corrected chi connectivity index (χ0v) is 12.9. The van der Waals surface area contributed by atoms with Crippen molar-refractivity contribution in [1.29, 1.82) is 0 Å². The molecule has 0 aliphatic rings. The van der Waals surface area contributed by atoms with E-state index in [1.165, 1.54) is 18.2 Å². The normalized spacial score (nSPS) is 11.6. The minimum absolute atomic E-state index is 0.0992. The lowest BCUT2D eigenvalue weighted by Crippen LogP contribution is -2.22. The summed E-state index contributed by atoms with van der Waals surface area (Å²) in [7, 11) is -7.71. The second-order valence-corrected chi connectivity index (χ2v) is 8.62. The molecule has 6 nitrogen and oxygen atoms in total. The number of sulfonamides is 1. The van der Waals surface area contributed by atoms with Crippen LogP contribution in [0.1, 0.15) is 5.56 Å². The highest BCUT2D eigenvalue weighted by atomic mass is 35.5. The van der Waals surface area contributed by atoms with Crippen molar-refractivity contribution in [3.05, 3.63) is 28.8 Å². The maximum atomic E-state index is 11.7. The number of nitrogens with one attached hydrogen (secondary N) is 1. The van der Waals surface area contributed by atoms with Gasteiger partial charge < -0.3 is 5.73 Å². The van der Waals surface area contributed by atoms with Crippen LogP contribution in [0, 0.1) is 11.8 Å². The largest absolute Gasteiger partial charge is 0.320 e. The van der Waals surface area contributed by atoms with Crippen LogP contribution in [-0.2, 0) is 19.9 Å². The summed E-state index contributed by atoms with van der Waals surface area (Å²) in [5.41, 5.74) is 5.72. The highest BCUT2D eigenvalue weighted by Gasteiger charge is 2.19. The number of hydrogen-bond donors (Lipinski definition) is 2. The van der Waals surface area contributed by atoms with Gasteiger partial charge in [0, 0.05) is 11.3 Å². The molecule has 110 valence electrons. The molecule has 0 atom stereocenters. The number of halogens is 1. The molecule has 0 heterocycles. The third kappa shape index (κ3) is 5.79. The topological polar surface area (TPSA) is 106 Å². The number of anilines is 1. The Kier molecular flexibility index (Phi) is 5.42. The summed E-state index contributed by atoms with van der Waals surface area (Å²) in [4.78, 5) is 0. The van der Waals surface area contributed by atoms with Crippen LogP contribution in [0.4, 0.5) is 5.69 Å². The van der Waals surface area contributed by atoms with E-state index in [0.29, 0.717) is 10.6 Å². The Bertz CT molecular complexity index is 761. The standard InChI is InChI=1S/C11H13ClN2O4S2/c1-19(15,16)8-20(17,18)14-11-5-4-10(12)7-9(11)3-2-6-13/h4-5,7,14H,6,8,13H2,1H3. The van der Waals surface area contributed by atoms with Crippen molar-refractivity contribution in [3.63, 3.8) is 0 Å². The van der Waals surface area contributed by atoms with Crippen LogP contribution < -0.4 is 10.5 Å². The molecular formula is C11H13ClN2O4S2. The Morgan fingerprint density at radius 2 is 1.95 bits per heavy atom. The maximum absolute atomic E-state index is 11.7. The first kappa shape index (κ1) is 16.8. The number of hydrogen-bond acceptors (Lipinski definition) is 5. The number of benzene rings is 1. The van der Waals surface area contributed by atoms with E-state index in [1.807, 2.05) is 0 Å². The third-order valence-electron chi connectivity index (χ3n) is 1.94. The van der Waals surface area contributed by atoms with Gasteiger partial charge in [0.2, 0.25) is 10.0 Å². The first-order chi connectivity index (χ1) is 9.13. The van der Waals surface area contributed by atoms with E-state index < -0.39 is 24.9 Å². The Hall–Kier alpha value is -1.27. The quantitative estimate of drug-likeness (QED) is 0.774. The van der Waals surface area contributed by atoms with E-state index in [1.54, 1.807) is 0 Å². The second kappa shape index (κ2) is 6.45. The number of rotatable bonds is 4. The molecule has 20 heavy (non-hydrogen) atoms. The fraction of sp³-hybridized carbons (Fsp3) is 0.273. The molecular weight excluding hydrogens is 324 g/mol. The van der Waals surface area contributed by atoms with E-state index in [4.69, 9.17) is 17.3 Å². The Morgan fingerprint density at radius 3 is 2.50 bits per heavy atom. The highest BCUT2D eigenvalue weighted by Crippen LogP contribution is 2.21. The van der Waals surface area contributed by atoms with Crippen molar-refractivity contribution in [2.45, 2.75) is 0 Å². The van der Waals surface area contributed by atoms with Crippen LogP contribution in [0.15, 0.2) is 18.2 Å². The summed E-state index contributed by atoms with van der Waals surface area (Å²) in [5, 5.41) is -0.635. The smallest absolute Gasteiger partial charge is 0.247 e. The molecule has 0 aromatic heterocycles. The zero-order valence-electron chi connectivity index (χ0n) is 10.6. The summed E-state index contributed by atoms with van der Waals surface area (Å²) < 4.78 is 47.8. The van der Waals surface area contributed by atoms with Crippen LogP contribution in [0.5, 0.6) is 0 Å². The van der Waals surface area contributed by atoms with Crippen LogP contribution in [0.25, 0.3) is 0 Å². The molecule has 0 unspecified atom stereocenters. The van der Waals surface area contributed by atoms with Gasteiger partial charge in [-0.15, -0.1) is 0 Å². The lowest BCUT2D eigenvalue weighted by Gasteiger charge is -2.09. The van der Waals surface area contributed by atoms with Gasteiger partial charge in [-0.3, -0.25) is 4.72 Å². The van der Waals surface area contributed by atoms with Gasteiger partial charge >= 0.3 is 0 Å². The molecule has 0 radical (unpaired) electrons. The molecule has 0 saturated heterocycles. The van der Waals surface area contributed by atoms with E-state index >= 15 is 0 Å². The van der Waals surface area contributed by atoms with Gasteiger partial charge in [-0.25, -0.2) is 16.8 Å². The fourth-order valence-corrected chi connectivity index (χ4v) is 4.51. The zero-order chi connectivity index (χ0) is 15.4.